The molecular weight excluding hydrogens is 264 g/mol. The summed E-state index contributed by atoms with van der Waals surface area (Å²) in [4.78, 5) is 27.1. The van der Waals surface area contributed by atoms with Gasteiger partial charge in [-0.05, 0) is 20.8 Å². The molecule has 0 spiro atoms. The van der Waals surface area contributed by atoms with Gasteiger partial charge in [-0.15, -0.1) is 0 Å². The van der Waals surface area contributed by atoms with Crippen LogP contribution in [0.25, 0.3) is 0 Å². The van der Waals surface area contributed by atoms with Crippen LogP contribution in [0.15, 0.2) is 0 Å². The number of rotatable bonds is 3. The van der Waals surface area contributed by atoms with Crippen LogP contribution in [0.3, 0.4) is 0 Å². The number of hydrogen-bond donors (Lipinski definition) is 1. The molecule has 5 nitrogen and oxygen atoms in total. The summed E-state index contributed by atoms with van der Waals surface area (Å²) in [6, 6.07) is -0.172. The Kier molecular flexibility index (Phi) is 5.12. The number of carboxylic acid groups (broad SMARTS) is 1. The minimum atomic E-state index is -1.18. The predicted octanol–water partition coefficient (Wildman–Crippen LogP) is 2.12. The molecule has 0 saturated carbocycles. The number of carboxylic acids is 1. The molecule has 0 aliphatic carbocycles. The fraction of sp³-hybridized carbons (Fsp3) is 0.846. The first-order chi connectivity index (χ1) is 8.70. The summed E-state index contributed by atoms with van der Waals surface area (Å²) in [5.41, 5.74) is -1.18. The van der Waals surface area contributed by atoms with E-state index in [-0.39, 0.29) is 6.03 Å². The molecule has 1 fully saturated rings. The third-order valence-corrected chi connectivity index (χ3v) is 4.66. The van der Waals surface area contributed by atoms with E-state index >= 15 is 0 Å². The molecule has 1 heterocycles. The SMILES string of the molecule is CCN(C(=O)N1CC(C)SC(C)C1)C(C)(C)C(=O)O. The van der Waals surface area contributed by atoms with Crippen molar-refractivity contribution in [2.24, 2.45) is 0 Å². The standard InChI is InChI=1S/C13H24N2O3S/c1-6-15(13(4,5)11(16)17)12(18)14-7-9(2)19-10(3)8-14/h9-10H,6-8H2,1-5H3,(H,16,17). The Hall–Kier alpha value is -0.910. The van der Waals surface area contributed by atoms with Gasteiger partial charge in [-0.1, -0.05) is 13.8 Å². The lowest BCUT2D eigenvalue weighted by Crippen LogP contribution is -2.59. The summed E-state index contributed by atoms with van der Waals surface area (Å²) in [7, 11) is 0. The Bertz CT molecular complexity index is 350. The number of hydrogen-bond acceptors (Lipinski definition) is 3. The van der Waals surface area contributed by atoms with Crippen LogP contribution < -0.4 is 0 Å². The first-order valence-electron chi connectivity index (χ1n) is 6.65. The number of carbonyl (C=O) groups is 2. The summed E-state index contributed by atoms with van der Waals surface area (Å²) in [5.74, 6) is -0.977. The number of nitrogens with zero attached hydrogens (tertiary/aromatic N) is 2. The van der Waals surface area contributed by atoms with Crippen LogP contribution in [0.5, 0.6) is 0 Å². The fourth-order valence-corrected chi connectivity index (χ4v) is 3.72. The van der Waals surface area contributed by atoms with Gasteiger partial charge in [0.2, 0.25) is 0 Å². The Labute approximate surface area is 119 Å². The first kappa shape index (κ1) is 16.1. The van der Waals surface area contributed by atoms with Crippen molar-refractivity contribution >= 4 is 23.8 Å². The Morgan fingerprint density at radius 1 is 1.32 bits per heavy atom. The van der Waals surface area contributed by atoms with Gasteiger partial charge >= 0.3 is 12.0 Å². The molecule has 1 aliphatic rings. The Morgan fingerprint density at radius 2 is 1.79 bits per heavy atom. The highest BCUT2D eigenvalue weighted by atomic mass is 32.2. The highest BCUT2D eigenvalue weighted by Crippen LogP contribution is 2.26. The molecule has 2 atom stereocenters. The van der Waals surface area contributed by atoms with Crippen molar-refractivity contribution in [2.45, 2.75) is 50.7 Å². The zero-order valence-electron chi connectivity index (χ0n) is 12.3. The van der Waals surface area contributed by atoms with Crippen LogP contribution in [0.2, 0.25) is 0 Å². The molecule has 0 aromatic carbocycles. The van der Waals surface area contributed by atoms with Gasteiger partial charge in [-0.3, -0.25) is 0 Å². The van der Waals surface area contributed by atoms with E-state index in [1.807, 2.05) is 18.7 Å². The van der Waals surface area contributed by atoms with Crippen molar-refractivity contribution in [3.63, 3.8) is 0 Å². The first-order valence-corrected chi connectivity index (χ1v) is 7.59. The normalized spacial score (nSPS) is 24.2. The number of thioether (sulfide) groups is 1. The molecular formula is C13H24N2O3S. The van der Waals surface area contributed by atoms with Crippen molar-refractivity contribution in [3.05, 3.63) is 0 Å². The van der Waals surface area contributed by atoms with Gasteiger partial charge in [0.15, 0.2) is 0 Å². The van der Waals surface area contributed by atoms with Crippen LogP contribution in [-0.2, 0) is 4.79 Å². The topological polar surface area (TPSA) is 60.9 Å². The predicted molar refractivity (Wildman–Crippen MR) is 77.6 cm³/mol. The largest absolute Gasteiger partial charge is 0.480 e. The number of urea groups is 1. The van der Waals surface area contributed by atoms with E-state index in [2.05, 4.69) is 13.8 Å². The molecule has 2 amide bonds. The van der Waals surface area contributed by atoms with Gasteiger partial charge in [-0.25, -0.2) is 9.59 Å². The molecule has 1 N–H and O–H groups in total. The quantitative estimate of drug-likeness (QED) is 0.864. The molecule has 0 aromatic rings. The van der Waals surface area contributed by atoms with Crippen LogP contribution in [0, 0.1) is 0 Å². The smallest absolute Gasteiger partial charge is 0.329 e. The zero-order valence-corrected chi connectivity index (χ0v) is 13.2. The third kappa shape index (κ3) is 3.55. The van der Waals surface area contributed by atoms with Crippen LogP contribution in [-0.4, -0.2) is 62.6 Å². The van der Waals surface area contributed by atoms with Crippen LogP contribution in [0.1, 0.15) is 34.6 Å². The molecule has 1 aliphatic heterocycles. The molecule has 6 heteroatoms. The lowest BCUT2D eigenvalue weighted by atomic mass is 10.0. The van der Waals surface area contributed by atoms with Crippen molar-refractivity contribution in [1.82, 2.24) is 9.80 Å². The van der Waals surface area contributed by atoms with Gasteiger partial charge < -0.3 is 14.9 Å². The Morgan fingerprint density at radius 3 is 2.16 bits per heavy atom. The lowest BCUT2D eigenvalue weighted by molar-refractivity contribution is -0.147. The highest BCUT2D eigenvalue weighted by molar-refractivity contribution is 8.00. The van der Waals surface area contributed by atoms with Crippen molar-refractivity contribution < 1.29 is 14.7 Å². The van der Waals surface area contributed by atoms with Crippen molar-refractivity contribution in [2.75, 3.05) is 19.6 Å². The summed E-state index contributed by atoms with van der Waals surface area (Å²) in [6.07, 6.45) is 0. The summed E-state index contributed by atoms with van der Waals surface area (Å²) >= 11 is 1.87. The second-order valence-electron chi connectivity index (χ2n) is 5.55. The van der Waals surface area contributed by atoms with E-state index in [0.29, 0.717) is 30.1 Å². The van der Waals surface area contributed by atoms with E-state index in [1.165, 1.54) is 4.90 Å². The zero-order chi connectivity index (χ0) is 14.8. The summed E-state index contributed by atoms with van der Waals surface area (Å²) in [6.45, 7) is 10.9. The van der Waals surface area contributed by atoms with E-state index in [9.17, 15) is 14.7 Å². The summed E-state index contributed by atoms with van der Waals surface area (Å²) < 4.78 is 0. The fourth-order valence-electron chi connectivity index (χ4n) is 2.39. The number of carbonyl (C=O) groups excluding carboxylic acids is 1. The van der Waals surface area contributed by atoms with E-state index < -0.39 is 11.5 Å². The van der Waals surface area contributed by atoms with Gasteiger partial charge in [0.25, 0.3) is 0 Å². The maximum atomic E-state index is 12.6. The molecule has 1 saturated heterocycles. The van der Waals surface area contributed by atoms with Crippen molar-refractivity contribution in [3.8, 4) is 0 Å². The van der Waals surface area contributed by atoms with Crippen LogP contribution in [0.4, 0.5) is 4.79 Å². The Balaban J connectivity index is 2.87. The average Bonchev–Trinajstić information content (AvgIpc) is 2.27. The number of aliphatic carboxylic acids is 1. The second-order valence-corrected chi connectivity index (χ2v) is 7.43. The van der Waals surface area contributed by atoms with E-state index in [0.717, 1.165) is 0 Å². The maximum absolute atomic E-state index is 12.6. The monoisotopic (exact) mass is 288 g/mol. The van der Waals surface area contributed by atoms with Gasteiger partial charge in [-0.2, -0.15) is 11.8 Å². The number of amides is 2. The number of likely N-dealkylation sites (N-methyl/N-ethyl adjacent to an activating group) is 1. The van der Waals surface area contributed by atoms with E-state index in [4.69, 9.17) is 0 Å². The maximum Gasteiger partial charge on any atom is 0.329 e. The van der Waals surface area contributed by atoms with Gasteiger partial charge in [0, 0.05) is 30.1 Å². The highest BCUT2D eigenvalue weighted by Gasteiger charge is 2.40. The van der Waals surface area contributed by atoms with Gasteiger partial charge in [0.05, 0.1) is 0 Å². The molecule has 0 aromatic heterocycles. The minimum absolute atomic E-state index is 0.172. The van der Waals surface area contributed by atoms with Gasteiger partial charge in [0.1, 0.15) is 5.54 Å². The minimum Gasteiger partial charge on any atom is -0.480 e. The molecule has 110 valence electrons. The molecule has 1 rings (SSSR count). The molecule has 19 heavy (non-hydrogen) atoms. The second kappa shape index (κ2) is 6.03. The van der Waals surface area contributed by atoms with Crippen LogP contribution >= 0.6 is 11.8 Å². The van der Waals surface area contributed by atoms with Crippen molar-refractivity contribution in [1.29, 1.82) is 0 Å². The lowest BCUT2D eigenvalue weighted by Gasteiger charge is -2.41. The molecule has 2 unspecified atom stereocenters. The molecule has 0 bridgehead atoms. The average molecular weight is 288 g/mol. The third-order valence-electron chi connectivity index (χ3n) is 3.44. The summed E-state index contributed by atoms with van der Waals surface area (Å²) in [5, 5.41) is 10.1. The molecule has 0 radical (unpaired) electrons. The van der Waals surface area contributed by atoms with E-state index in [1.54, 1.807) is 18.7 Å².